The molecule has 1 aliphatic heterocycles. The fraction of sp³-hybridized carbons (Fsp3) is 0.889. The van der Waals surface area contributed by atoms with Crippen molar-refractivity contribution in [2.75, 3.05) is 18.9 Å². The molecule has 0 bridgehead atoms. The summed E-state index contributed by atoms with van der Waals surface area (Å²) in [5.74, 6) is 0.682. The Hall–Kier alpha value is -0.220. The lowest BCUT2D eigenvalue weighted by molar-refractivity contribution is -0.121. The van der Waals surface area contributed by atoms with Crippen molar-refractivity contribution in [2.45, 2.75) is 31.8 Å². The molecule has 0 saturated carbocycles. The number of ether oxygens (including phenoxy) is 1. The van der Waals surface area contributed by atoms with Crippen LogP contribution < -0.4 is 5.32 Å². The van der Waals surface area contributed by atoms with E-state index in [4.69, 9.17) is 4.74 Å². The Morgan fingerprint density at radius 2 is 2.38 bits per heavy atom. The van der Waals surface area contributed by atoms with Crippen LogP contribution in [0.15, 0.2) is 0 Å². The molecule has 1 amide bonds. The summed E-state index contributed by atoms with van der Waals surface area (Å²) in [4.78, 5) is 11.1. The van der Waals surface area contributed by atoms with Crippen LogP contribution in [0.3, 0.4) is 0 Å². The van der Waals surface area contributed by atoms with Crippen LogP contribution in [0.25, 0.3) is 0 Å². The van der Waals surface area contributed by atoms with Gasteiger partial charge in [0.05, 0.1) is 6.10 Å². The lowest BCUT2D eigenvalue weighted by Gasteiger charge is -2.22. The van der Waals surface area contributed by atoms with E-state index in [0.29, 0.717) is 18.7 Å². The number of hydrogen-bond acceptors (Lipinski definition) is 3. The monoisotopic (exact) mass is 203 g/mol. The van der Waals surface area contributed by atoms with Gasteiger partial charge in [-0.1, -0.05) is 0 Å². The van der Waals surface area contributed by atoms with Gasteiger partial charge in [0.15, 0.2) is 0 Å². The predicted molar refractivity (Wildman–Crippen MR) is 55.1 cm³/mol. The standard InChI is InChI=1S/C9H17NO2S/c11-9(4-6-13)10-7-8-3-1-2-5-12-8/h8,13H,1-7H2,(H,10,11). The molecule has 0 aromatic rings. The van der Waals surface area contributed by atoms with E-state index in [1.165, 1.54) is 6.42 Å². The molecule has 4 heteroatoms. The van der Waals surface area contributed by atoms with Crippen LogP contribution in [0.5, 0.6) is 0 Å². The highest BCUT2D eigenvalue weighted by Crippen LogP contribution is 2.11. The molecular weight excluding hydrogens is 186 g/mol. The molecule has 0 radical (unpaired) electrons. The van der Waals surface area contributed by atoms with Gasteiger partial charge in [0, 0.05) is 19.6 Å². The van der Waals surface area contributed by atoms with E-state index >= 15 is 0 Å². The topological polar surface area (TPSA) is 38.3 Å². The predicted octanol–water partition coefficient (Wildman–Crippen LogP) is 0.992. The average Bonchev–Trinajstić information content (AvgIpc) is 2.17. The molecule has 1 fully saturated rings. The zero-order chi connectivity index (χ0) is 9.52. The number of thiol groups is 1. The summed E-state index contributed by atoms with van der Waals surface area (Å²) in [6, 6.07) is 0. The molecule has 1 aliphatic rings. The molecule has 0 aliphatic carbocycles. The maximum absolute atomic E-state index is 11.1. The van der Waals surface area contributed by atoms with Crippen LogP contribution in [-0.4, -0.2) is 30.9 Å². The summed E-state index contributed by atoms with van der Waals surface area (Å²) in [5, 5.41) is 2.84. The smallest absolute Gasteiger partial charge is 0.220 e. The highest BCUT2D eigenvalue weighted by Gasteiger charge is 2.13. The second-order valence-electron chi connectivity index (χ2n) is 3.27. The van der Waals surface area contributed by atoms with Gasteiger partial charge in [0.1, 0.15) is 0 Å². The number of carbonyl (C=O) groups excluding carboxylic acids is 1. The van der Waals surface area contributed by atoms with Gasteiger partial charge in [-0.3, -0.25) is 4.79 Å². The molecule has 0 aromatic carbocycles. The fourth-order valence-corrected chi connectivity index (χ4v) is 1.59. The summed E-state index contributed by atoms with van der Waals surface area (Å²) in [6.45, 7) is 1.50. The Labute approximate surface area is 84.6 Å². The summed E-state index contributed by atoms with van der Waals surface area (Å²) in [7, 11) is 0. The Kier molecular flexibility index (Phi) is 5.23. The molecule has 1 saturated heterocycles. The zero-order valence-electron chi connectivity index (χ0n) is 7.79. The number of hydrogen-bond donors (Lipinski definition) is 2. The van der Waals surface area contributed by atoms with Crippen LogP contribution in [0, 0.1) is 0 Å². The fourth-order valence-electron chi connectivity index (χ4n) is 1.39. The van der Waals surface area contributed by atoms with E-state index in [2.05, 4.69) is 17.9 Å². The molecule has 13 heavy (non-hydrogen) atoms. The van der Waals surface area contributed by atoms with Crippen molar-refractivity contribution < 1.29 is 9.53 Å². The summed E-state index contributed by atoms with van der Waals surface area (Å²) in [5.41, 5.74) is 0. The molecule has 0 spiro atoms. The lowest BCUT2D eigenvalue weighted by Crippen LogP contribution is -2.35. The van der Waals surface area contributed by atoms with Gasteiger partial charge in [-0.05, 0) is 25.0 Å². The molecule has 1 N–H and O–H groups in total. The van der Waals surface area contributed by atoms with Gasteiger partial charge in [0.25, 0.3) is 0 Å². The van der Waals surface area contributed by atoms with Gasteiger partial charge >= 0.3 is 0 Å². The van der Waals surface area contributed by atoms with E-state index < -0.39 is 0 Å². The van der Waals surface area contributed by atoms with Crippen molar-refractivity contribution >= 4 is 18.5 Å². The molecular formula is C9H17NO2S. The minimum absolute atomic E-state index is 0.0733. The Bertz CT molecular complexity index is 158. The van der Waals surface area contributed by atoms with Gasteiger partial charge in [-0.25, -0.2) is 0 Å². The summed E-state index contributed by atoms with van der Waals surface area (Å²) < 4.78 is 5.47. The highest BCUT2D eigenvalue weighted by atomic mass is 32.1. The first kappa shape index (κ1) is 10.9. The average molecular weight is 203 g/mol. The minimum Gasteiger partial charge on any atom is -0.376 e. The molecule has 1 rings (SSSR count). The van der Waals surface area contributed by atoms with Crippen LogP contribution in [0.4, 0.5) is 0 Å². The van der Waals surface area contributed by atoms with Crippen LogP contribution >= 0.6 is 12.6 Å². The zero-order valence-corrected chi connectivity index (χ0v) is 8.69. The minimum atomic E-state index is 0.0733. The van der Waals surface area contributed by atoms with Crippen LogP contribution in [0.1, 0.15) is 25.7 Å². The molecule has 76 valence electrons. The molecule has 1 heterocycles. The quantitative estimate of drug-likeness (QED) is 0.669. The second-order valence-corrected chi connectivity index (χ2v) is 3.71. The molecule has 1 atom stereocenters. The molecule has 1 unspecified atom stereocenters. The third-order valence-corrected chi connectivity index (χ3v) is 2.36. The lowest BCUT2D eigenvalue weighted by atomic mass is 10.1. The maximum Gasteiger partial charge on any atom is 0.220 e. The first-order valence-corrected chi connectivity index (χ1v) is 5.45. The van der Waals surface area contributed by atoms with E-state index in [1.54, 1.807) is 0 Å². The van der Waals surface area contributed by atoms with Crippen molar-refractivity contribution in [3.8, 4) is 0 Å². The van der Waals surface area contributed by atoms with E-state index in [-0.39, 0.29) is 12.0 Å². The summed E-state index contributed by atoms with van der Waals surface area (Å²) in [6.07, 6.45) is 4.17. The van der Waals surface area contributed by atoms with Crippen molar-refractivity contribution in [3.05, 3.63) is 0 Å². The SMILES string of the molecule is O=C(CCS)NCC1CCCCO1. The van der Waals surface area contributed by atoms with E-state index in [0.717, 1.165) is 19.4 Å². The van der Waals surface area contributed by atoms with E-state index in [1.807, 2.05) is 0 Å². The molecule has 3 nitrogen and oxygen atoms in total. The number of carbonyl (C=O) groups is 1. The maximum atomic E-state index is 11.1. The Balaban J connectivity index is 2.06. The van der Waals surface area contributed by atoms with Gasteiger partial charge < -0.3 is 10.1 Å². The van der Waals surface area contributed by atoms with Gasteiger partial charge in [-0.2, -0.15) is 12.6 Å². The van der Waals surface area contributed by atoms with Crippen molar-refractivity contribution in [2.24, 2.45) is 0 Å². The van der Waals surface area contributed by atoms with Crippen LogP contribution in [0.2, 0.25) is 0 Å². The van der Waals surface area contributed by atoms with Crippen molar-refractivity contribution in [1.29, 1.82) is 0 Å². The highest BCUT2D eigenvalue weighted by molar-refractivity contribution is 7.80. The van der Waals surface area contributed by atoms with Gasteiger partial charge in [-0.15, -0.1) is 0 Å². The van der Waals surface area contributed by atoms with Crippen molar-refractivity contribution in [3.63, 3.8) is 0 Å². The largest absolute Gasteiger partial charge is 0.376 e. The van der Waals surface area contributed by atoms with Gasteiger partial charge in [0.2, 0.25) is 5.91 Å². The molecule has 0 aromatic heterocycles. The Morgan fingerprint density at radius 1 is 1.54 bits per heavy atom. The third kappa shape index (κ3) is 4.52. The second kappa shape index (κ2) is 6.27. The number of amides is 1. The first-order chi connectivity index (χ1) is 6.33. The normalized spacial score (nSPS) is 22.7. The Morgan fingerprint density at radius 3 is 3.00 bits per heavy atom. The van der Waals surface area contributed by atoms with E-state index in [9.17, 15) is 4.79 Å². The van der Waals surface area contributed by atoms with Crippen LogP contribution in [-0.2, 0) is 9.53 Å². The third-order valence-electron chi connectivity index (χ3n) is 2.14. The summed E-state index contributed by atoms with van der Waals surface area (Å²) >= 11 is 3.99. The van der Waals surface area contributed by atoms with Crippen molar-refractivity contribution in [1.82, 2.24) is 5.32 Å². The number of rotatable bonds is 4. The number of nitrogens with one attached hydrogen (secondary N) is 1. The first-order valence-electron chi connectivity index (χ1n) is 4.82.